The Hall–Kier alpha value is -1.61. The number of aromatic nitrogens is 2. The van der Waals surface area contributed by atoms with Gasteiger partial charge in [0.15, 0.2) is 0 Å². The summed E-state index contributed by atoms with van der Waals surface area (Å²) < 4.78 is 5.35. The number of para-hydroxylation sites is 1. The maximum Gasteiger partial charge on any atom is 0.321 e. The first-order valence-electron chi connectivity index (χ1n) is 4.05. The second kappa shape index (κ2) is 4.07. The quantitative estimate of drug-likeness (QED) is 0.758. The molecule has 0 amide bonds. The molecule has 0 saturated carbocycles. The van der Waals surface area contributed by atoms with Gasteiger partial charge in [0, 0.05) is 12.4 Å². The summed E-state index contributed by atoms with van der Waals surface area (Å²) in [7, 11) is 0. The van der Waals surface area contributed by atoms with E-state index in [1.54, 1.807) is 30.6 Å². The van der Waals surface area contributed by atoms with Crippen LogP contribution in [0.1, 0.15) is 0 Å². The Morgan fingerprint density at radius 1 is 1.00 bits per heavy atom. The Bertz CT molecular complexity index is 419. The third-order valence-electron chi connectivity index (χ3n) is 1.58. The van der Waals surface area contributed by atoms with Crippen molar-refractivity contribution in [3.05, 3.63) is 47.7 Å². The van der Waals surface area contributed by atoms with Crippen molar-refractivity contribution in [2.75, 3.05) is 0 Å². The molecule has 1 heterocycles. The van der Waals surface area contributed by atoms with Crippen LogP contribution in [0.15, 0.2) is 42.7 Å². The van der Waals surface area contributed by atoms with Gasteiger partial charge in [0.05, 0.1) is 5.02 Å². The lowest BCUT2D eigenvalue weighted by Gasteiger charge is -2.03. The lowest BCUT2D eigenvalue weighted by atomic mass is 10.3. The van der Waals surface area contributed by atoms with Crippen molar-refractivity contribution in [3.63, 3.8) is 0 Å². The molecule has 0 aliphatic rings. The molecule has 14 heavy (non-hydrogen) atoms. The fraction of sp³-hybridized carbons (Fsp3) is 0. The molecule has 2 aromatic rings. The van der Waals surface area contributed by atoms with Crippen LogP contribution in [0.3, 0.4) is 0 Å². The Morgan fingerprint density at radius 3 is 2.43 bits per heavy atom. The Balaban J connectivity index is 2.24. The molecule has 0 radical (unpaired) electrons. The average Bonchev–Trinajstić information content (AvgIpc) is 2.23. The van der Waals surface area contributed by atoms with Gasteiger partial charge in [0.2, 0.25) is 0 Å². The highest BCUT2D eigenvalue weighted by atomic mass is 35.5. The van der Waals surface area contributed by atoms with E-state index in [0.29, 0.717) is 16.8 Å². The lowest BCUT2D eigenvalue weighted by Crippen LogP contribution is -1.90. The second-order valence-electron chi connectivity index (χ2n) is 2.56. The summed E-state index contributed by atoms with van der Waals surface area (Å²) in [4.78, 5) is 7.85. The molecular weight excluding hydrogens is 200 g/mol. The molecule has 3 nitrogen and oxygen atoms in total. The van der Waals surface area contributed by atoms with Crippen LogP contribution in [0.2, 0.25) is 5.02 Å². The first-order chi connectivity index (χ1) is 6.86. The molecule has 0 unspecified atom stereocenters. The standard InChI is InChI=1S/C10H7ClN2O/c11-8-4-1-2-5-9(8)14-10-12-6-3-7-13-10/h1-7H. The molecule has 0 fully saturated rings. The van der Waals surface area contributed by atoms with Crippen molar-refractivity contribution in [1.82, 2.24) is 9.97 Å². The third kappa shape index (κ3) is 2.00. The highest BCUT2D eigenvalue weighted by Gasteiger charge is 2.02. The van der Waals surface area contributed by atoms with Crippen LogP contribution in [0.5, 0.6) is 11.8 Å². The van der Waals surface area contributed by atoms with Crippen LogP contribution in [-0.2, 0) is 0 Å². The van der Waals surface area contributed by atoms with Crippen molar-refractivity contribution in [3.8, 4) is 11.8 Å². The zero-order valence-corrected chi connectivity index (χ0v) is 7.98. The van der Waals surface area contributed by atoms with E-state index in [-0.39, 0.29) is 0 Å². The molecule has 0 saturated heterocycles. The van der Waals surface area contributed by atoms with E-state index >= 15 is 0 Å². The fourth-order valence-electron chi connectivity index (χ4n) is 0.964. The molecule has 0 N–H and O–H groups in total. The number of rotatable bonds is 2. The van der Waals surface area contributed by atoms with Crippen LogP contribution in [-0.4, -0.2) is 9.97 Å². The van der Waals surface area contributed by atoms with E-state index in [9.17, 15) is 0 Å². The number of hydrogen-bond acceptors (Lipinski definition) is 3. The molecule has 2 rings (SSSR count). The van der Waals surface area contributed by atoms with Crippen molar-refractivity contribution in [2.45, 2.75) is 0 Å². The second-order valence-corrected chi connectivity index (χ2v) is 2.97. The molecule has 0 atom stereocenters. The van der Waals surface area contributed by atoms with Crippen molar-refractivity contribution in [2.24, 2.45) is 0 Å². The Kier molecular flexibility index (Phi) is 2.60. The summed E-state index contributed by atoms with van der Waals surface area (Å²) >= 11 is 5.89. The fourth-order valence-corrected chi connectivity index (χ4v) is 1.14. The van der Waals surface area contributed by atoms with E-state index in [2.05, 4.69) is 9.97 Å². The van der Waals surface area contributed by atoms with Crippen LogP contribution in [0.25, 0.3) is 0 Å². The van der Waals surface area contributed by atoms with Crippen LogP contribution in [0.4, 0.5) is 0 Å². The minimum Gasteiger partial charge on any atom is -0.423 e. The molecule has 0 aliphatic heterocycles. The van der Waals surface area contributed by atoms with Crippen LogP contribution < -0.4 is 4.74 Å². The molecular formula is C10H7ClN2O. The van der Waals surface area contributed by atoms with Gasteiger partial charge in [-0.05, 0) is 18.2 Å². The van der Waals surface area contributed by atoms with Gasteiger partial charge in [0.25, 0.3) is 0 Å². The zero-order chi connectivity index (χ0) is 9.80. The largest absolute Gasteiger partial charge is 0.423 e. The summed E-state index contributed by atoms with van der Waals surface area (Å²) in [6, 6.07) is 9.20. The number of benzene rings is 1. The smallest absolute Gasteiger partial charge is 0.321 e. The van der Waals surface area contributed by atoms with Gasteiger partial charge in [-0.3, -0.25) is 0 Å². The minimum atomic E-state index is 0.292. The van der Waals surface area contributed by atoms with E-state index in [1.807, 2.05) is 12.1 Å². The zero-order valence-electron chi connectivity index (χ0n) is 7.22. The predicted octanol–water partition coefficient (Wildman–Crippen LogP) is 2.92. The van der Waals surface area contributed by atoms with Gasteiger partial charge in [-0.2, -0.15) is 0 Å². The average molecular weight is 207 g/mol. The molecule has 0 spiro atoms. The lowest BCUT2D eigenvalue weighted by molar-refractivity contribution is 0.442. The Morgan fingerprint density at radius 2 is 1.71 bits per heavy atom. The van der Waals surface area contributed by atoms with Crippen molar-refractivity contribution < 1.29 is 4.74 Å². The van der Waals surface area contributed by atoms with E-state index < -0.39 is 0 Å². The Labute approximate surface area is 86.3 Å². The SMILES string of the molecule is Clc1ccccc1Oc1ncccn1. The van der Waals surface area contributed by atoms with E-state index in [1.165, 1.54) is 0 Å². The summed E-state index contributed by atoms with van der Waals surface area (Å²) in [5.74, 6) is 0.556. The summed E-state index contributed by atoms with van der Waals surface area (Å²) in [6.45, 7) is 0. The summed E-state index contributed by atoms with van der Waals surface area (Å²) in [5, 5.41) is 0.542. The van der Waals surface area contributed by atoms with Gasteiger partial charge in [-0.25, -0.2) is 9.97 Å². The highest BCUT2D eigenvalue weighted by Crippen LogP contribution is 2.26. The normalized spacial score (nSPS) is 9.79. The maximum atomic E-state index is 5.89. The molecule has 1 aromatic heterocycles. The predicted molar refractivity (Wildman–Crippen MR) is 53.6 cm³/mol. The number of ether oxygens (including phenoxy) is 1. The number of halogens is 1. The van der Waals surface area contributed by atoms with Crippen LogP contribution >= 0.6 is 11.6 Å². The van der Waals surface area contributed by atoms with Gasteiger partial charge in [-0.15, -0.1) is 0 Å². The molecule has 1 aromatic carbocycles. The molecule has 0 bridgehead atoms. The van der Waals surface area contributed by atoms with Crippen molar-refractivity contribution in [1.29, 1.82) is 0 Å². The highest BCUT2D eigenvalue weighted by molar-refractivity contribution is 6.32. The monoisotopic (exact) mass is 206 g/mol. The van der Waals surface area contributed by atoms with Gasteiger partial charge in [0.1, 0.15) is 5.75 Å². The maximum absolute atomic E-state index is 5.89. The number of nitrogens with zero attached hydrogens (tertiary/aromatic N) is 2. The minimum absolute atomic E-state index is 0.292. The third-order valence-corrected chi connectivity index (χ3v) is 1.89. The summed E-state index contributed by atoms with van der Waals surface area (Å²) in [5.41, 5.74) is 0. The topological polar surface area (TPSA) is 35.0 Å². The van der Waals surface area contributed by atoms with Gasteiger partial charge < -0.3 is 4.74 Å². The first kappa shape index (κ1) is 8.97. The van der Waals surface area contributed by atoms with Gasteiger partial charge in [-0.1, -0.05) is 23.7 Å². The molecule has 0 aliphatic carbocycles. The molecule has 70 valence electrons. The van der Waals surface area contributed by atoms with Crippen LogP contribution in [0, 0.1) is 0 Å². The van der Waals surface area contributed by atoms with Crippen molar-refractivity contribution >= 4 is 11.6 Å². The first-order valence-corrected chi connectivity index (χ1v) is 4.43. The number of hydrogen-bond donors (Lipinski definition) is 0. The van der Waals surface area contributed by atoms with Gasteiger partial charge >= 0.3 is 6.01 Å². The van der Waals surface area contributed by atoms with E-state index in [4.69, 9.17) is 16.3 Å². The summed E-state index contributed by atoms with van der Waals surface area (Å²) in [6.07, 6.45) is 3.22. The van der Waals surface area contributed by atoms with E-state index in [0.717, 1.165) is 0 Å². The molecule has 4 heteroatoms.